The molecule has 0 aromatic heterocycles. The molecule has 0 amide bonds. The summed E-state index contributed by atoms with van der Waals surface area (Å²) in [6.45, 7) is 2.07. The fourth-order valence-corrected chi connectivity index (χ4v) is 1.90. The summed E-state index contributed by atoms with van der Waals surface area (Å²) in [4.78, 5) is 0. The van der Waals surface area contributed by atoms with E-state index in [4.69, 9.17) is 5.26 Å². The number of nitriles is 1. The first-order valence-electron chi connectivity index (χ1n) is 4.19. The molecule has 12 heavy (non-hydrogen) atoms. The van der Waals surface area contributed by atoms with Gasteiger partial charge in [-0.05, 0) is 6.42 Å². The van der Waals surface area contributed by atoms with Gasteiger partial charge in [-0.25, -0.2) is 8.42 Å². The molecule has 0 radical (unpaired) electrons. The second-order valence-electron chi connectivity index (χ2n) is 2.81. The van der Waals surface area contributed by atoms with Crippen LogP contribution in [0.2, 0.25) is 0 Å². The Morgan fingerprint density at radius 3 is 2.42 bits per heavy atom. The van der Waals surface area contributed by atoms with Crippen LogP contribution < -0.4 is 0 Å². The monoisotopic (exact) mass is 189 g/mol. The minimum absolute atomic E-state index is 0.167. The lowest BCUT2D eigenvalue weighted by Crippen LogP contribution is -2.09. The van der Waals surface area contributed by atoms with Crippen LogP contribution in [0.3, 0.4) is 0 Å². The van der Waals surface area contributed by atoms with E-state index >= 15 is 0 Å². The first-order valence-corrected chi connectivity index (χ1v) is 6.02. The lowest BCUT2D eigenvalue weighted by molar-refractivity contribution is 0.592. The maximum atomic E-state index is 11.0. The highest BCUT2D eigenvalue weighted by molar-refractivity contribution is 7.91. The predicted molar refractivity (Wildman–Crippen MR) is 48.4 cm³/mol. The van der Waals surface area contributed by atoms with E-state index in [1.54, 1.807) is 6.07 Å². The van der Waals surface area contributed by atoms with Crippen molar-refractivity contribution in [1.29, 1.82) is 5.26 Å². The van der Waals surface area contributed by atoms with Crippen molar-refractivity contribution in [1.82, 2.24) is 0 Å². The van der Waals surface area contributed by atoms with Crippen LogP contribution in [-0.4, -0.2) is 19.9 Å². The summed E-state index contributed by atoms with van der Waals surface area (Å²) in [7, 11) is -3.07. The highest BCUT2D eigenvalue weighted by atomic mass is 32.2. The normalized spacial score (nSPS) is 11.0. The number of sulfone groups is 1. The Morgan fingerprint density at radius 1 is 1.25 bits per heavy atom. The lowest BCUT2D eigenvalue weighted by atomic mass is 10.2. The summed E-state index contributed by atoms with van der Waals surface area (Å²) in [5, 5.41) is 8.18. The molecule has 0 aromatic rings. The van der Waals surface area contributed by atoms with E-state index in [1.807, 2.05) is 0 Å². The van der Waals surface area contributed by atoms with Gasteiger partial charge < -0.3 is 0 Å². The van der Waals surface area contributed by atoms with Gasteiger partial charge in [-0.3, -0.25) is 0 Å². The molecule has 0 unspecified atom stereocenters. The van der Waals surface area contributed by atoms with E-state index in [0.717, 1.165) is 19.3 Å². The van der Waals surface area contributed by atoms with E-state index in [1.165, 1.54) is 0 Å². The molecule has 3 nitrogen and oxygen atoms in total. The van der Waals surface area contributed by atoms with Crippen LogP contribution in [0.25, 0.3) is 0 Å². The van der Waals surface area contributed by atoms with Crippen LogP contribution in [0.4, 0.5) is 0 Å². The standard InChI is InChI=1S/C8H15NO2S/c1-2-3-4-5-7-12(10,11)8-6-9/h2-5,7-8H2,1H3. The van der Waals surface area contributed by atoms with Crippen LogP contribution in [0, 0.1) is 11.3 Å². The summed E-state index contributed by atoms with van der Waals surface area (Å²) in [6.07, 6.45) is 3.80. The topological polar surface area (TPSA) is 57.9 Å². The number of nitrogens with zero attached hydrogens (tertiary/aromatic N) is 1. The third-order valence-corrected chi connectivity index (χ3v) is 3.07. The van der Waals surface area contributed by atoms with Gasteiger partial charge in [-0.1, -0.05) is 26.2 Å². The molecule has 0 fully saturated rings. The van der Waals surface area contributed by atoms with E-state index in [2.05, 4.69) is 6.92 Å². The van der Waals surface area contributed by atoms with Gasteiger partial charge in [-0.15, -0.1) is 0 Å². The van der Waals surface area contributed by atoms with Crippen molar-refractivity contribution in [2.45, 2.75) is 32.6 Å². The smallest absolute Gasteiger partial charge is 0.163 e. The molecule has 0 saturated heterocycles. The van der Waals surface area contributed by atoms with Crippen LogP contribution in [0.5, 0.6) is 0 Å². The molecule has 0 bridgehead atoms. The lowest BCUT2D eigenvalue weighted by Gasteiger charge is -1.98. The molecule has 0 rings (SSSR count). The van der Waals surface area contributed by atoms with Gasteiger partial charge in [0, 0.05) is 0 Å². The van der Waals surface area contributed by atoms with Crippen molar-refractivity contribution in [2.75, 3.05) is 11.5 Å². The Kier molecular flexibility index (Phi) is 5.73. The summed E-state index contributed by atoms with van der Waals surface area (Å²) in [6, 6.07) is 1.66. The van der Waals surface area contributed by atoms with Crippen LogP contribution >= 0.6 is 0 Å². The molecule has 0 aliphatic carbocycles. The average molecular weight is 189 g/mol. The fourth-order valence-electron chi connectivity index (χ4n) is 0.919. The molecule has 0 heterocycles. The van der Waals surface area contributed by atoms with Gasteiger partial charge in [0.2, 0.25) is 0 Å². The van der Waals surface area contributed by atoms with Crippen molar-refractivity contribution >= 4 is 9.84 Å². The van der Waals surface area contributed by atoms with Gasteiger partial charge >= 0.3 is 0 Å². The minimum atomic E-state index is -3.07. The van der Waals surface area contributed by atoms with E-state index < -0.39 is 9.84 Å². The predicted octanol–water partition coefficient (Wildman–Crippen LogP) is 1.51. The molecule has 0 N–H and O–H groups in total. The fraction of sp³-hybridized carbons (Fsp3) is 0.875. The number of hydrogen-bond acceptors (Lipinski definition) is 3. The molecule has 0 aliphatic heterocycles. The Bertz CT molecular complexity index is 238. The van der Waals surface area contributed by atoms with Gasteiger partial charge in [0.1, 0.15) is 5.75 Å². The maximum Gasteiger partial charge on any atom is 0.163 e. The third kappa shape index (κ3) is 6.17. The van der Waals surface area contributed by atoms with Crippen LogP contribution in [0.15, 0.2) is 0 Å². The van der Waals surface area contributed by atoms with Gasteiger partial charge in [0.25, 0.3) is 0 Å². The van der Waals surface area contributed by atoms with E-state index in [0.29, 0.717) is 6.42 Å². The number of hydrogen-bond donors (Lipinski definition) is 0. The molecule has 0 atom stereocenters. The molecule has 0 saturated carbocycles. The molecule has 0 aromatic carbocycles. The van der Waals surface area contributed by atoms with E-state index in [-0.39, 0.29) is 11.5 Å². The zero-order valence-corrected chi connectivity index (χ0v) is 8.23. The number of rotatable bonds is 6. The number of unbranched alkanes of at least 4 members (excludes halogenated alkanes) is 3. The van der Waals surface area contributed by atoms with Gasteiger partial charge in [0.05, 0.1) is 11.8 Å². The average Bonchev–Trinajstić information content (AvgIpc) is 1.98. The molecular weight excluding hydrogens is 174 g/mol. The second-order valence-corrected chi connectivity index (χ2v) is 4.99. The maximum absolute atomic E-state index is 11.0. The summed E-state index contributed by atoms with van der Waals surface area (Å²) >= 11 is 0. The first kappa shape index (κ1) is 11.4. The van der Waals surface area contributed by atoms with Crippen molar-refractivity contribution in [2.24, 2.45) is 0 Å². The zero-order chi connectivity index (χ0) is 9.45. The Hall–Kier alpha value is -0.560. The first-order chi connectivity index (χ1) is 5.62. The van der Waals surface area contributed by atoms with Crippen LogP contribution in [0.1, 0.15) is 32.6 Å². The van der Waals surface area contributed by atoms with E-state index in [9.17, 15) is 8.42 Å². The molecular formula is C8H15NO2S. The molecule has 0 aliphatic rings. The van der Waals surface area contributed by atoms with Crippen molar-refractivity contribution in [3.63, 3.8) is 0 Å². The largest absolute Gasteiger partial charge is 0.228 e. The molecule has 4 heteroatoms. The zero-order valence-electron chi connectivity index (χ0n) is 7.41. The van der Waals surface area contributed by atoms with Gasteiger partial charge in [0.15, 0.2) is 9.84 Å². The highest BCUT2D eigenvalue weighted by Crippen LogP contribution is 2.02. The minimum Gasteiger partial charge on any atom is -0.228 e. The quantitative estimate of drug-likeness (QED) is 0.595. The Labute approximate surface area is 74.3 Å². The van der Waals surface area contributed by atoms with Gasteiger partial charge in [-0.2, -0.15) is 5.26 Å². The van der Waals surface area contributed by atoms with Crippen molar-refractivity contribution < 1.29 is 8.42 Å². The molecule has 0 spiro atoms. The third-order valence-electron chi connectivity index (χ3n) is 1.59. The Morgan fingerprint density at radius 2 is 1.92 bits per heavy atom. The van der Waals surface area contributed by atoms with Crippen molar-refractivity contribution in [3.8, 4) is 6.07 Å². The summed E-state index contributed by atoms with van der Waals surface area (Å²) < 4.78 is 21.9. The Balaban J connectivity index is 3.57. The summed E-state index contributed by atoms with van der Waals surface area (Å²) in [5.74, 6) is -0.167. The molecule has 70 valence electrons. The van der Waals surface area contributed by atoms with Crippen LogP contribution in [-0.2, 0) is 9.84 Å². The SMILES string of the molecule is CCCCCCS(=O)(=O)CC#N. The second kappa shape index (κ2) is 6.01. The summed E-state index contributed by atoms with van der Waals surface area (Å²) in [5.41, 5.74) is 0. The van der Waals surface area contributed by atoms with Crippen molar-refractivity contribution in [3.05, 3.63) is 0 Å². The highest BCUT2D eigenvalue weighted by Gasteiger charge is 2.08.